The minimum atomic E-state index is 0.141. The van der Waals surface area contributed by atoms with Crippen molar-refractivity contribution in [2.24, 2.45) is 5.92 Å². The second-order valence-electron chi connectivity index (χ2n) is 5.69. The molecular formula is C17H19BrN2O2. The first-order valence-corrected chi connectivity index (χ1v) is 8.29. The maximum Gasteiger partial charge on any atom is 0.227 e. The average Bonchev–Trinajstić information content (AvgIpc) is 3.29. The zero-order valence-corrected chi connectivity index (χ0v) is 14.0. The molecule has 22 heavy (non-hydrogen) atoms. The van der Waals surface area contributed by atoms with Crippen molar-refractivity contribution in [2.45, 2.75) is 32.4 Å². The molecule has 1 fully saturated rings. The van der Waals surface area contributed by atoms with Crippen LogP contribution in [0.1, 0.15) is 37.1 Å². The number of amides is 1. The standard InChI is InChI=1S/C17H19BrN2O2/c1-11(19-10-15-8-9-16(18)22-15)12-4-6-14(7-5-12)20-17(21)13-2-3-13/h4-9,11,13,19H,2-3,10H2,1H3,(H,20,21). The molecule has 0 aliphatic heterocycles. The van der Waals surface area contributed by atoms with Crippen LogP contribution in [-0.4, -0.2) is 5.91 Å². The Morgan fingerprint density at radius 2 is 2.00 bits per heavy atom. The fourth-order valence-electron chi connectivity index (χ4n) is 2.26. The molecule has 0 spiro atoms. The van der Waals surface area contributed by atoms with Crippen LogP contribution in [0.15, 0.2) is 45.5 Å². The van der Waals surface area contributed by atoms with Gasteiger partial charge in [0.15, 0.2) is 4.67 Å². The lowest BCUT2D eigenvalue weighted by atomic mass is 10.1. The lowest BCUT2D eigenvalue weighted by molar-refractivity contribution is -0.117. The first kappa shape index (κ1) is 15.3. The van der Waals surface area contributed by atoms with Crippen LogP contribution in [0.2, 0.25) is 0 Å². The van der Waals surface area contributed by atoms with E-state index in [-0.39, 0.29) is 17.9 Å². The molecule has 1 unspecified atom stereocenters. The fourth-order valence-corrected chi connectivity index (χ4v) is 2.60. The summed E-state index contributed by atoms with van der Waals surface area (Å²) < 4.78 is 6.21. The maximum atomic E-state index is 11.7. The SMILES string of the molecule is CC(NCc1ccc(Br)o1)c1ccc(NC(=O)C2CC2)cc1. The number of furan rings is 1. The van der Waals surface area contributed by atoms with Crippen molar-refractivity contribution in [2.75, 3.05) is 5.32 Å². The Hall–Kier alpha value is -1.59. The number of hydrogen-bond donors (Lipinski definition) is 2. The van der Waals surface area contributed by atoms with E-state index in [0.29, 0.717) is 6.54 Å². The molecule has 1 amide bonds. The molecule has 0 bridgehead atoms. The molecule has 2 aromatic rings. The molecule has 1 heterocycles. The second-order valence-corrected chi connectivity index (χ2v) is 6.48. The molecule has 1 saturated carbocycles. The molecule has 2 N–H and O–H groups in total. The molecule has 0 radical (unpaired) electrons. The van der Waals surface area contributed by atoms with Gasteiger partial charge in [0, 0.05) is 17.6 Å². The highest BCUT2D eigenvalue weighted by atomic mass is 79.9. The molecule has 3 rings (SSSR count). The van der Waals surface area contributed by atoms with Crippen molar-refractivity contribution < 1.29 is 9.21 Å². The third kappa shape index (κ3) is 3.99. The predicted octanol–water partition coefficient (Wildman–Crippen LogP) is 4.24. The van der Waals surface area contributed by atoms with E-state index < -0.39 is 0 Å². The highest BCUT2D eigenvalue weighted by Crippen LogP contribution is 2.30. The van der Waals surface area contributed by atoms with E-state index in [4.69, 9.17) is 4.42 Å². The largest absolute Gasteiger partial charge is 0.453 e. The van der Waals surface area contributed by atoms with Gasteiger partial charge in [0.1, 0.15) is 5.76 Å². The molecule has 1 atom stereocenters. The number of halogens is 1. The number of carbonyl (C=O) groups excluding carboxylic acids is 1. The summed E-state index contributed by atoms with van der Waals surface area (Å²) in [6.45, 7) is 2.78. The van der Waals surface area contributed by atoms with E-state index in [1.807, 2.05) is 36.4 Å². The van der Waals surface area contributed by atoms with Crippen molar-refractivity contribution in [3.8, 4) is 0 Å². The summed E-state index contributed by atoms with van der Waals surface area (Å²) >= 11 is 3.30. The summed E-state index contributed by atoms with van der Waals surface area (Å²) in [4.78, 5) is 11.7. The first-order chi connectivity index (χ1) is 10.6. The van der Waals surface area contributed by atoms with Gasteiger partial charge in [-0.1, -0.05) is 12.1 Å². The van der Waals surface area contributed by atoms with Gasteiger partial charge >= 0.3 is 0 Å². The zero-order valence-electron chi connectivity index (χ0n) is 12.4. The zero-order chi connectivity index (χ0) is 15.5. The van der Waals surface area contributed by atoms with E-state index in [2.05, 4.69) is 33.5 Å². The van der Waals surface area contributed by atoms with Gasteiger partial charge in [-0.15, -0.1) is 0 Å². The lowest BCUT2D eigenvalue weighted by Crippen LogP contribution is -2.18. The van der Waals surface area contributed by atoms with Crippen LogP contribution >= 0.6 is 15.9 Å². The van der Waals surface area contributed by atoms with E-state index in [1.54, 1.807) is 0 Å². The Balaban J connectivity index is 1.53. The van der Waals surface area contributed by atoms with Crippen LogP contribution in [-0.2, 0) is 11.3 Å². The third-order valence-electron chi connectivity index (χ3n) is 3.84. The molecular weight excluding hydrogens is 344 g/mol. The Bertz CT molecular complexity index is 647. The number of carbonyl (C=O) groups is 1. The number of anilines is 1. The fraction of sp³-hybridized carbons (Fsp3) is 0.353. The quantitative estimate of drug-likeness (QED) is 0.807. The molecule has 1 aliphatic carbocycles. The third-order valence-corrected chi connectivity index (χ3v) is 4.26. The van der Waals surface area contributed by atoms with Crippen molar-refractivity contribution in [3.63, 3.8) is 0 Å². The Morgan fingerprint density at radius 1 is 1.27 bits per heavy atom. The lowest BCUT2D eigenvalue weighted by Gasteiger charge is -2.14. The minimum absolute atomic E-state index is 0.141. The highest BCUT2D eigenvalue weighted by Gasteiger charge is 2.29. The van der Waals surface area contributed by atoms with Gasteiger partial charge in [0.2, 0.25) is 5.91 Å². The van der Waals surface area contributed by atoms with Crippen LogP contribution in [0, 0.1) is 5.92 Å². The number of nitrogens with one attached hydrogen (secondary N) is 2. The van der Waals surface area contributed by atoms with Gasteiger partial charge in [-0.3, -0.25) is 4.79 Å². The van der Waals surface area contributed by atoms with E-state index in [9.17, 15) is 4.79 Å². The van der Waals surface area contributed by atoms with Crippen molar-refractivity contribution in [1.82, 2.24) is 5.32 Å². The van der Waals surface area contributed by atoms with Gasteiger partial charge in [0.25, 0.3) is 0 Å². The van der Waals surface area contributed by atoms with Crippen LogP contribution < -0.4 is 10.6 Å². The second kappa shape index (κ2) is 6.67. The summed E-state index contributed by atoms with van der Waals surface area (Å²) in [7, 11) is 0. The number of hydrogen-bond acceptors (Lipinski definition) is 3. The Morgan fingerprint density at radius 3 is 2.59 bits per heavy atom. The van der Waals surface area contributed by atoms with Gasteiger partial charge in [-0.2, -0.15) is 0 Å². The van der Waals surface area contributed by atoms with Crippen LogP contribution in [0.3, 0.4) is 0 Å². The molecule has 0 saturated heterocycles. The summed E-state index contributed by atoms with van der Waals surface area (Å²) in [6, 6.07) is 12.0. The first-order valence-electron chi connectivity index (χ1n) is 7.50. The van der Waals surface area contributed by atoms with E-state index >= 15 is 0 Å². The van der Waals surface area contributed by atoms with E-state index in [0.717, 1.165) is 29.0 Å². The van der Waals surface area contributed by atoms with Crippen LogP contribution in [0.25, 0.3) is 0 Å². The predicted molar refractivity (Wildman–Crippen MR) is 89.5 cm³/mol. The molecule has 116 valence electrons. The number of benzene rings is 1. The molecule has 1 aliphatic rings. The summed E-state index contributed by atoms with van der Waals surface area (Å²) in [5.41, 5.74) is 2.04. The Labute approximate surface area is 138 Å². The van der Waals surface area contributed by atoms with Crippen LogP contribution in [0.4, 0.5) is 5.69 Å². The van der Waals surface area contributed by atoms with Crippen LogP contribution in [0.5, 0.6) is 0 Å². The number of rotatable bonds is 6. The molecule has 5 heteroatoms. The van der Waals surface area contributed by atoms with Gasteiger partial charge in [-0.05, 0) is 65.5 Å². The summed E-state index contributed by atoms with van der Waals surface area (Å²) in [5.74, 6) is 1.27. The van der Waals surface area contributed by atoms with Gasteiger partial charge in [0.05, 0.1) is 6.54 Å². The Kier molecular flexibility index (Phi) is 4.64. The topological polar surface area (TPSA) is 54.3 Å². The molecule has 4 nitrogen and oxygen atoms in total. The van der Waals surface area contributed by atoms with Crippen molar-refractivity contribution in [3.05, 3.63) is 52.4 Å². The average molecular weight is 363 g/mol. The van der Waals surface area contributed by atoms with Gasteiger partial charge in [-0.25, -0.2) is 0 Å². The summed E-state index contributed by atoms with van der Waals surface area (Å²) in [5, 5.41) is 6.37. The smallest absolute Gasteiger partial charge is 0.227 e. The minimum Gasteiger partial charge on any atom is -0.453 e. The van der Waals surface area contributed by atoms with Crippen molar-refractivity contribution >= 4 is 27.5 Å². The van der Waals surface area contributed by atoms with E-state index in [1.165, 1.54) is 5.56 Å². The highest BCUT2D eigenvalue weighted by molar-refractivity contribution is 9.10. The summed E-state index contributed by atoms with van der Waals surface area (Å²) in [6.07, 6.45) is 2.04. The normalized spacial score (nSPS) is 15.5. The molecule has 1 aromatic carbocycles. The van der Waals surface area contributed by atoms with Crippen molar-refractivity contribution in [1.29, 1.82) is 0 Å². The molecule has 1 aromatic heterocycles. The maximum absolute atomic E-state index is 11.7. The monoisotopic (exact) mass is 362 g/mol. The van der Waals surface area contributed by atoms with Gasteiger partial charge < -0.3 is 15.1 Å².